The Morgan fingerprint density at radius 3 is 2.06 bits per heavy atom. The Balaban J connectivity index is 1.67. The van der Waals surface area contributed by atoms with Crippen LogP contribution in [0.1, 0.15) is 45.4 Å². The molecule has 0 aromatic carbocycles. The molecule has 4 aliphatic carbocycles. The molecule has 1 atom stereocenters. The van der Waals surface area contributed by atoms with E-state index in [-0.39, 0.29) is 0 Å². The standard InChI is InChI=1S/C15H27N/c1-10(3-4-16-2)15-13-6-11-5-12(8-13)9-14(15)7-11/h10-16H,3-9H2,1-2H3. The van der Waals surface area contributed by atoms with Gasteiger partial charge in [-0.3, -0.25) is 0 Å². The Kier molecular flexibility index (Phi) is 2.99. The molecule has 0 amide bonds. The molecule has 4 fully saturated rings. The Morgan fingerprint density at radius 1 is 1.00 bits per heavy atom. The van der Waals surface area contributed by atoms with E-state index in [1.54, 1.807) is 32.1 Å². The minimum Gasteiger partial charge on any atom is -0.320 e. The van der Waals surface area contributed by atoms with Crippen LogP contribution in [0.5, 0.6) is 0 Å². The first-order valence-electron chi connectivity index (χ1n) is 7.42. The van der Waals surface area contributed by atoms with Gasteiger partial charge in [0.2, 0.25) is 0 Å². The van der Waals surface area contributed by atoms with Crippen LogP contribution in [0.4, 0.5) is 0 Å². The molecule has 4 rings (SSSR count). The van der Waals surface area contributed by atoms with E-state index < -0.39 is 0 Å². The van der Waals surface area contributed by atoms with Gasteiger partial charge in [-0.2, -0.15) is 0 Å². The lowest BCUT2D eigenvalue weighted by atomic mass is 9.49. The van der Waals surface area contributed by atoms with Crippen molar-refractivity contribution in [2.45, 2.75) is 45.4 Å². The minimum atomic E-state index is 0.961. The summed E-state index contributed by atoms with van der Waals surface area (Å²) in [5, 5.41) is 3.32. The van der Waals surface area contributed by atoms with Crippen LogP contribution < -0.4 is 5.32 Å². The predicted molar refractivity (Wildman–Crippen MR) is 68.2 cm³/mol. The molecular weight excluding hydrogens is 194 g/mol. The zero-order valence-corrected chi connectivity index (χ0v) is 10.9. The largest absolute Gasteiger partial charge is 0.320 e. The van der Waals surface area contributed by atoms with E-state index in [4.69, 9.17) is 0 Å². The summed E-state index contributed by atoms with van der Waals surface area (Å²) in [6, 6.07) is 0. The van der Waals surface area contributed by atoms with Gasteiger partial charge in [-0.1, -0.05) is 6.92 Å². The summed E-state index contributed by atoms with van der Waals surface area (Å²) < 4.78 is 0. The average Bonchev–Trinajstić information content (AvgIpc) is 2.24. The van der Waals surface area contributed by atoms with Crippen LogP contribution in [0.3, 0.4) is 0 Å². The molecule has 0 aromatic heterocycles. The average molecular weight is 221 g/mol. The van der Waals surface area contributed by atoms with Crippen LogP contribution in [0, 0.1) is 35.5 Å². The van der Waals surface area contributed by atoms with Crippen molar-refractivity contribution in [3.05, 3.63) is 0 Å². The molecule has 0 spiro atoms. The normalized spacial score (nSPS) is 47.2. The van der Waals surface area contributed by atoms with Gasteiger partial charge < -0.3 is 5.32 Å². The second kappa shape index (κ2) is 4.33. The van der Waals surface area contributed by atoms with Crippen molar-refractivity contribution in [1.82, 2.24) is 5.32 Å². The molecule has 0 radical (unpaired) electrons. The lowest BCUT2D eigenvalue weighted by Gasteiger charge is -2.56. The van der Waals surface area contributed by atoms with Crippen molar-refractivity contribution in [2.24, 2.45) is 35.5 Å². The van der Waals surface area contributed by atoms with Crippen molar-refractivity contribution in [3.63, 3.8) is 0 Å². The molecule has 1 heteroatoms. The maximum Gasteiger partial charge on any atom is -0.00493 e. The van der Waals surface area contributed by atoms with E-state index in [1.807, 2.05) is 0 Å². The smallest absolute Gasteiger partial charge is 0.00493 e. The van der Waals surface area contributed by atoms with Crippen molar-refractivity contribution in [2.75, 3.05) is 13.6 Å². The van der Waals surface area contributed by atoms with Crippen molar-refractivity contribution in [1.29, 1.82) is 0 Å². The number of hydrogen-bond acceptors (Lipinski definition) is 1. The third kappa shape index (κ3) is 1.81. The Hall–Kier alpha value is -0.0400. The minimum absolute atomic E-state index is 0.961. The third-order valence-corrected chi connectivity index (χ3v) is 5.81. The summed E-state index contributed by atoms with van der Waals surface area (Å²) in [5.41, 5.74) is 0. The number of hydrogen-bond donors (Lipinski definition) is 1. The van der Waals surface area contributed by atoms with E-state index >= 15 is 0 Å². The maximum absolute atomic E-state index is 3.32. The first kappa shape index (κ1) is 11.1. The number of rotatable bonds is 4. The first-order valence-corrected chi connectivity index (χ1v) is 7.42. The molecule has 0 heterocycles. The molecule has 4 aliphatic rings. The van der Waals surface area contributed by atoms with Crippen molar-refractivity contribution in [3.8, 4) is 0 Å². The summed E-state index contributed by atoms with van der Waals surface area (Å²) in [6.45, 7) is 3.73. The zero-order valence-electron chi connectivity index (χ0n) is 10.9. The molecular formula is C15H27N. The maximum atomic E-state index is 3.32. The molecule has 16 heavy (non-hydrogen) atoms. The molecule has 1 nitrogen and oxygen atoms in total. The monoisotopic (exact) mass is 221 g/mol. The van der Waals surface area contributed by atoms with Crippen molar-refractivity contribution < 1.29 is 0 Å². The van der Waals surface area contributed by atoms with Crippen LogP contribution in [-0.4, -0.2) is 13.6 Å². The van der Waals surface area contributed by atoms with E-state index in [1.165, 1.54) is 13.0 Å². The fraction of sp³-hybridized carbons (Fsp3) is 1.00. The van der Waals surface area contributed by atoms with Crippen LogP contribution in [0.25, 0.3) is 0 Å². The van der Waals surface area contributed by atoms with Gasteiger partial charge in [0.1, 0.15) is 0 Å². The molecule has 1 N–H and O–H groups in total. The summed E-state index contributed by atoms with van der Waals surface area (Å²) in [7, 11) is 2.09. The van der Waals surface area contributed by atoms with Crippen LogP contribution in [-0.2, 0) is 0 Å². The third-order valence-electron chi connectivity index (χ3n) is 5.81. The summed E-state index contributed by atoms with van der Waals surface area (Å²) in [6.07, 6.45) is 9.32. The Bertz CT molecular complexity index is 220. The summed E-state index contributed by atoms with van der Waals surface area (Å²) in [5.74, 6) is 6.54. The fourth-order valence-electron chi connectivity index (χ4n) is 5.46. The van der Waals surface area contributed by atoms with Crippen LogP contribution in [0.15, 0.2) is 0 Å². The SMILES string of the molecule is CNCCC(C)C1C2CC3CC(C2)CC1C3. The molecule has 0 aliphatic heterocycles. The van der Waals surface area contributed by atoms with Gasteiger partial charge >= 0.3 is 0 Å². The molecule has 1 unspecified atom stereocenters. The fourth-order valence-corrected chi connectivity index (χ4v) is 5.46. The summed E-state index contributed by atoms with van der Waals surface area (Å²) >= 11 is 0. The highest BCUT2D eigenvalue weighted by molar-refractivity contribution is 4.99. The highest BCUT2D eigenvalue weighted by Gasteiger charge is 2.49. The molecule has 0 aromatic rings. The van der Waals surface area contributed by atoms with E-state index in [0.29, 0.717) is 0 Å². The topological polar surface area (TPSA) is 12.0 Å². The number of nitrogens with one attached hydrogen (secondary N) is 1. The zero-order chi connectivity index (χ0) is 11.1. The highest BCUT2D eigenvalue weighted by atomic mass is 14.8. The van der Waals surface area contributed by atoms with E-state index in [0.717, 1.165) is 35.5 Å². The second-order valence-corrected chi connectivity index (χ2v) is 6.88. The first-order chi connectivity index (χ1) is 7.78. The molecule has 4 saturated carbocycles. The molecule has 92 valence electrons. The van der Waals surface area contributed by atoms with Gasteiger partial charge in [0.15, 0.2) is 0 Å². The molecule has 4 bridgehead atoms. The van der Waals surface area contributed by atoms with E-state index in [2.05, 4.69) is 19.3 Å². The van der Waals surface area contributed by atoms with Crippen LogP contribution in [0.2, 0.25) is 0 Å². The van der Waals surface area contributed by atoms with Gasteiger partial charge in [-0.05, 0) is 87.6 Å². The summed E-state index contributed by atoms with van der Waals surface area (Å²) in [4.78, 5) is 0. The van der Waals surface area contributed by atoms with E-state index in [9.17, 15) is 0 Å². The highest BCUT2D eigenvalue weighted by Crippen LogP contribution is 2.58. The Labute approximate surface area is 100 Å². The predicted octanol–water partition coefficient (Wildman–Crippen LogP) is 3.30. The van der Waals surface area contributed by atoms with Gasteiger partial charge in [-0.15, -0.1) is 0 Å². The quantitative estimate of drug-likeness (QED) is 0.768. The lowest BCUT2D eigenvalue weighted by molar-refractivity contribution is -0.0595. The second-order valence-electron chi connectivity index (χ2n) is 6.88. The van der Waals surface area contributed by atoms with Gasteiger partial charge in [0, 0.05) is 0 Å². The Morgan fingerprint density at radius 2 is 1.56 bits per heavy atom. The van der Waals surface area contributed by atoms with Gasteiger partial charge in [-0.25, -0.2) is 0 Å². The van der Waals surface area contributed by atoms with Gasteiger partial charge in [0.25, 0.3) is 0 Å². The van der Waals surface area contributed by atoms with Crippen molar-refractivity contribution >= 4 is 0 Å². The lowest BCUT2D eigenvalue weighted by Crippen LogP contribution is -2.47. The van der Waals surface area contributed by atoms with Gasteiger partial charge in [0.05, 0.1) is 0 Å². The molecule has 0 saturated heterocycles. The van der Waals surface area contributed by atoms with Crippen LogP contribution >= 0.6 is 0 Å².